The number of nitrogens with zero attached hydrogens (tertiary/aromatic N) is 2. The molecule has 0 bridgehead atoms. The number of rotatable bonds is 2. The van der Waals surface area contributed by atoms with Crippen LogP contribution in [0.4, 0.5) is 17.2 Å². The van der Waals surface area contributed by atoms with E-state index in [1.165, 1.54) is 3.57 Å². The van der Waals surface area contributed by atoms with Crippen LogP contribution in [0.25, 0.3) is 10.9 Å². The number of nitrogens with two attached hydrogens (primary N) is 1. The van der Waals surface area contributed by atoms with Gasteiger partial charge in [-0.1, -0.05) is 6.07 Å². The van der Waals surface area contributed by atoms with Gasteiger partial charge in [-0.25, -0.2) is 9.97 Å². The lowest BCUT2D eigenvalue weighted by Gasteiger charge is -2.09. The molecule has 1 heterocycles. The molecule has 1 aromatic heterocycles. The molecular weight excluding hydrogens is 351 g/mol. The molecule has 3 rings (SSSR count). The van der Waals surface area contributed by atoms with E-state index in [1.807, 2.05) is 36.4 Å². The summed E-state index contributed by atoms with van der Waals surface area (Å²) in [6.45, 7) is 0. The Balaban J connectivity index is 2.07. The zero-order chi connectivity index (χ0) is 13.2. The highest BCUT2D eigenvalue weighted by atomic mass is 127. The van der Waals surface area contributed by atoms with Crippen LogP contribution >= 0.6 is 22.6 Å². The van der Waals surface area contributed by atoms with E-state index in [0.717, 1.165) is 22.4 Å². The van der Waals surface area contributed by atoms with E-state index in [1.54, 1.807) is 6.33 Å². The third-order valence-corrected chi connectivity index (χ3v) is 3.42. The minimum atomic E-state index is 0.702. The molecule has 5 heteroatoms. The molecule has 0 spiro atoms. The Bertz CT molecular complexity index is 742. The first-order valence-electron chi connectivity index (χ1n) is 5.75. The summed E-state index contributed by atoms with van der Waals surface area (Å²) < 4.78 is 1.17. The number of halogens is 1. The van der Waals surface area contributed by atoms with Gasteiger partial charge in [0.25, 0.3) is 0 Å². The summed E-state index contributed by atoms with van der Waals surface area (Å²) in [5.74, 6) is 0.763. The van der Waals surface area contributed by atoms with Crippen LogP contribution in [0.1, 0.15) is 0 Å². The number of fused-ring (bicyclic) bond motifs is 1. The van der Waals surface area contributed by atoms with Gasteiger partial charge in [0, 0.05) is 20.3 Å². The van der Waals surface area contributed by atoms with Crippen LogP contribution in [0.3, 0.4) is 0 Å². The standard InChI is InChI=1S/C14H11IN4/c15-9-2-1-3-11(6-9)19-14-12-7-10(16)4-5-13(12)17-8-18-14/h1-8H,16H2,(H,17,18,19). The van der Waals surface area contributed by atoms with Crippen molar-refractivity contribution in [2.75, 3.05) is 11.1 Å². The van der Waals surface area contributed by atoms with Crippen molar-refractivity contribution in [2.24, 2.45) is 0 Å². The van der Waals surface area contributed by atoms with Gasteiger partial charge in [-0.15, -0.1) is 0 Å². The number of hydrogen-bond acceptors (Lipinski definition) is 4. The molecule has 0 radical (unpaired) electrons. The number of hydrogen-bond donors (Lipinski definition) is 2. The summed E-state index contributed by atoms with van der Waals surface area (Å²) in [5, 5.41) is 4.22. The third-order valence-electron chi connectivity index (χ3n) is 2.75. The molecule has 0 saturated heterocycles. The molecule has 3 N–H and O–H groups in total. The molecule has 3 aromatic rings. The maximum absolute atomic E-state index is 5.83. The van der Waals surface area contributed by atoms with E-state index in [2.05, 4.69) is 43.9 Å². The fourth-order valence-electron chi connectivity index (χ4n) is 1.88. The topological polar surface area (TPSA) is 63.8 Å². The molecule has 94 valence electrons. The summed E-state index contributed by atoms with van der Waals surface area (Å²) in [6, 6.07) is 13.7. The van der Waals surface area contributed by atoms with Gasteiger partial charge in [-0.3, -0.25) is 0 Å². The van der Waals surface area contributed by atoms with Crippen molar-refractivity contribution in [1.29, 1.82) is 0 Å². The van der Waals surface area contributed by atoms with E-state index in [-0.39, 0.29) is 0 Å². The summed E-state index contributed by atoms with van der Waals surface area (Å²) in [5.41, 5.74) is 8.39. The van der Waals surface area contributed by atoms with Gasteiger partial charge in [0.1, 0.15) is 12.1 Å². The Morgan fingerprint density at radius 3 is 2.79 bits per heavy atom. The van der Waals surface area contributed by atoms with Gasteiger partial charge in [0.2, 0.25) is 0 Å². The first-order valence-corrected chi connectivity index (χ1v) is 6.83. The molecule has 0 atom stereocenters. The van der Waals surface area contributed by atoms with Gasteiger partial charge < -0.3 is 11.1 Å². The Morgan fingerprint density at radius 1 is 1.05 bits per heavy atom. The van der Waals surface area contributed by atoms with Crippen molar-refractivity contribution in [3.63, 3.8) is 0 Å². The highest BCUT2D eigenvalue weighted by Crippen LogP contribution is 2.25. The van der Waals surface area contributed by atoms with Crippen LogP contribution < -0.4 is 11.1 Å². The molecule has 0 aliphatic heterocycles. The van der Waals surface area contributed by atoms with Gasteiger partial charge in [0.15, 0.2) is 0 Å². The number of anilines is 3. The first-order chi connectivity index (χ1) is 9.22. The van der Waals surface area contributed by atoms with E-state index in [4.69, 9.17) is 5.73 Å². The normalized spacial score (nSPS) is 10.6. The molecule has 0 amide bonds. The lowest BCUT2D eigenvalue weighted by molar-refractivity contribution is 1.22. The molecule has 19 heavy (non-hydrogen) atoms. The molecule has 0 aliphatic rings. The summed E-state index contributed by atoms with van der Waals surface area (Å²) in [4.78, 5) is 8.53. The highest BCUT2D eigenvalue weighted by Gasteiger charge is 2.04. The predicted molar refractivity (Wildman–Crippen MR) is 86.4 cm³/mol. The van der Waals surface area contributed by atoms with Crippen molar-refractivity contribution in [2.45, 2.75) is 0 Å². The summed E-state index contributed by atoms with van der Waals surface area (Å²) >= 11 is 2.28. The SMILES string of the molecule is Nc1ccc2ncnc(Nc3cccc(I)c3)c2c1. The van der Waals surface area contributed by atoms with E-state index < -0.39 is 0 Å². The minimum Gasteiger partial charge on any atom is -0.399 e. The smallest absolute Gasteiger partial charge is 0.141 e. The second kappa shape index (κ2) is 5.00. The fraction of sp³-hybridized carbons (Fsp3) is 0. The third kappa shape index (κ3) is 2.60. The minimum absolute atomic E-state index is 0.702. The molecule has 0 fully saturated rings. The van der Waals surface area contributed by atoms with E-state index >= 15 is 0 Å². The van der Waals surface area contributed by atoms with Crippen LogP contribution in [0, 0.1) is 3.57 Å². The van der Waals surface area contributed by atoms with Gasteiger partial charge in [-0.2, -0.15) is 0 Å². The van der Waals surface area contributed by atoms with Crippen molar-refractivity contribution in [1.82, 2.24) is 9.97 Å². The second-order valence-corrected chi connectivity index (χ2v) is 5.38. The maximum atomic E-state index is 5.83. The molecule has 0 unspecified atom stereocenters. The lowest BCUT2D eigenvalue weighted by Crippen LogP contribution is -1.97. The Kier molecular flexibility index (Phi) is 3.20. The highest BCUT2D eigenvalue weighted by molar-refractivity contribution is 14.1. The lowest BCUT2D eigenvalue weighted by atomic mass is 10.2. The predicted octanol–water partition coefficient (Wildman–Crippen LogP) is 3.56. The monoisotopic (exact) mass is 362 g/mol. The average molecular weight is 362 g/mol. The van der Waals surface area contributed by atoms with Gasteiger partial charge >= 0.3 is 0 Å². The van der Waals surface area contributed by atoms with Crippen LogP contribution in [0.15, 0.2) is 48.8 Å². The van der Waals surface area contributed by atoms with E-state index in [9.17, 15) is 0 Å². The summed E-state index contributed by atoms with van der Waals surface area (Å²) in [6.07, 6.45) is 1.55. The van der Waals surface area contributed by atoms with Crippen LogP contribution in [-0.2, 0) is 0 Å². The molecule has 0 aliphatic carbocycles. The number of nitrogen functional groups attached to an aromatic ring is 1. The molecule has 0 saturated carbocycles. The Morgan fingerprint density at radius 2 is 1.95 bits per heavy atom. The Labute approximate surface area is 124 Å². The zero-order valence-electron chi connectivity index (χ0n) is 9.97. The average Bonchev–Trinajstić information content (AvgIpc) is 2.39. The number of nitrogens with one attached hydrogen (secondary N) is 1. The van der Waals surface area contributed by atoms with E-state index in [0.29, 0.717) is 5.69 Å². The summed E-state index contributed by atoms with van der Waals surface area (Å²) in [7, 11) is 0. The molecular formula is C14H11IN4. The maximum Gasteiger partial charge on any atom is 0.141 e. The van der Waals surface area contributed by atoms with Crippen molar-refractivity contribution >= 4 is 50.7 Å². The fourth-order valence-corrected chi connectivity index (χ4v) is 2.42. The van der Waals surface area contributed by atoms with Crippen LogP contribution in [0.2, 0.25) is 0 Å². The second-order valence-electron chi connectivity index (χ2n) is 4.13. The van der Waals surface area contributed by atoms with Gasteiger partial charge in [0.05, 0.1) is 5.52 Å². The van der Waals surface area contributed by atoms with Crippen LogP contribution in [0.5, 0.6) is 0 Å². The first kappa shape index (κ1) is 12.2. The number of aromatic nitrogens is 2. The van der Waals surface area contributed by atoms with Crippen LogP contribution in [-0.4, -0.2) is 9.97 Å². The Hall–Kier alpha value is -1.89. The quantitative estimate of drug-likeness (QED) is 0.541. The van der Waals surface area contributed by atoms with Gasteiger partial charge in [-0.05, 0) is 59.0 Å². The molecule has 2 aromatic carbocycles. The van der Waals surface area contributed by atoms with Crippen molar-refractivity contribution in [3.05, 3.63) is 52.4 Å². The number of benzene rings is 2. The van der Waals surface area contributed by atoms with Crippen molar-refractivity contribution in [3.8, 4) is 0 Å². The molecule has 4 nitrogen and oxygen atoms in total. The van der Waals surface area contributed by atoms with Crippen molar-refractivity contribution < 1.29 is 0 Å². The zero-order valence-corrected chi connectivity index (χ0v) is 12.1. The largest absolute Gasteiger partial charge is 0.399 e.